The maximum absolute atomic E-state index is 12.7. The zero-order valence-electron chi connectivity index (χ0n) is 34.5. The molecular weight excluding hydrogens is 689 g/mol. The van der Waals surface area contributed by atoms with Crippen molar-refractivity contribution >= 4 is 19.8 Å². The van der Waals surface area contributed by atoms with Gasteiger partial charge in [-0.25, -0.2) is 4.57 Å². The number of carbonyl (C=O) groups excluding carboxylic acids is 2. The van der Waals surface area contributed by atoms with Crippen LogP contribution >= 0.6 is 7.82 Å². The third kappa shape index (κ3) is 39.5. The van der Waals surface area contributed by atoms with Gasteiger partial charge in [0, 0.05) is 12.8 Å². The summed E-state index contributed by atoms with van der Waals surface area (Å²) in [6.45, 7) is 4.26. The van der Waals surface area contributed by atoms with Crippen molar-refractivity contribution in [3.63, 3.8) is 0 Å². The zero-order valence-corrected chi connectivity index (χ0v) is 35.4. The monoisotopic (exact) mass is 769 g/mol. The molecule has 0 heterocycles. The SMILES string of the molecule is CC/C=C/C/C=C/C/C=C/CCCCCCCC(=O)OC[C@H](COP(=O)(O)OCC[N+](C)(C)C)OC(=O)CCCCCCC/C=C/CCCCCCC. The lowest BCUT2D eigenvalue weighted by atomic mass is 10.1. The first-order valence-electron chi connectivity index (χ1n) is 20.9. The minimum atomic E-state index is -4.38. The summed E-state index contributed by atoms with van der Waals surface area (Å²) in [5.74, 6) is -0.832. The van der Waals surface area contributed by atoms with E-state index in [1.807, 2.05) is 21.1 Å². The summed E-state index contributed by atoms with van der Waals surface area (Å²) in [4.78, 5) is 35.3. The van der Waals surface area contributed by atoms with Crippen LogP contribution in [0.4, 0.5) is 0 Å². The number of nitrogens with zero attached hydrogens (tertiary/aromatic N) is 1. The van der Waals surface area contributed by atoms with E-state index in [9.17, 15) is 19.0 Å². The lowest BCUT2D eigenvalue weighted by Gasteiger charge is -2.24. The summed E-state index contributed by atoms with van der Waals surface area (Å²) < 4.78 is 34.2. The number of esters is 2. The molecule has 1 N–H and O–H groups in total. The Morgan fingerprint density at radius 3 is 1.62 bits per heavy atom. The zero-order chi connectivity index (χ0) is 39.3. The Morgan fingerprint density at radius 1 is 0.604 bits per heavy atom. The highest BCUT2D eigenvalue weighted by molar-refractivity contribution is 7.47. The second-order valence-corrected chi connectivity index (χ2v) is 16.4. The standard InChI is InChI=1S/C43H78NO8P/c1-6-8-10-12-14-16-18-20-22-24-25-27-29-31-33-35-42(45)49-39-41(40-51-53(47,48)50-38-37-44(3,4)5)52-43(46)36-34-32-30-28-26-23-21-19-17-15-13-11-9-7-2/h8,10,14,16,19-22,41H,6-7,9,11-13,15,17-18,23-40H2,1-5H3/p+1/b10-8+,16-14+,21-19+,22-20+/t41-/m1/s1. The molecule has 0 saturated carbocycles. The van der Waals surface area contributed by atoms with Crippen LogP contribution in [0.3, 0.4) is 0 Å². The predicted molar refractivity (Wildman–Crippen MR) is 220 cm³/mol. The van der Waals surface area contributed by atoms with E-state index in [4.69, 9.17) is 18.5 Å². The molecule has 0 aromatic heterocycles. The first-order valence-corrected chi connectivity index (χ1v) is 22.4. The predicted octanol–water partition coefficient (Wildman–Crippen LogP) is 11.5. The molecule has 0 fully saturated rings. The number of allylic oxidation sites excluding steroid dienone is 8. The second kappa shape index (κ2) is 35.7. The Morgan fingerprint density at radius 2 is 1.08 bits per heavy atom. The van der Waals surface area contributed by atoms with Gasteiger partial charge in [-0.2, -0.15) is 0 Å². The van der Waals surface area contributed by atoms with Gasteiger partial charge < -0.3 is 18.9 Å². The molecular formula is C43H79NO8P+. The van der Waals surface area contributed by atoms with Gasteiger partial charge in [0.1, 0.15) is 19.8 Å². The van der Waals surface area contributed by atoms with E-state index in [0.717, 1.165) is 83.5 Å². The maximum atomic E-state index is 12.7. The molecule has 0 radical (unpaired) electrons. The molecule has 0 rings (SSSR count). The van der Waals surface area contributed by atoms with Gasteiger partial charge in [-0.05, 0) is 70.6 Å². The molecule has 0 aliphatic rings. The number of rotatable bonds is 37. The van der Waals surface area contributed by atoms with Gasteiger partial charge in [-0.15, -0.1) is 0 Å². The molecule has 53 heavy (non-hydrogen) atoms. The Bertz CT molecular complexity index is 1050. The van der Waals surface area contributed by atoms with Gasteiger partial charge in [0.25, 0.3) is 0 Å². The van der Waals surface area contributed by atoms with Crippen molar-refractivity contribution in [1.82, 2.24) is 0 Å². The van der Waals surface area contributed by atoms with Crippen molar-refractivity contribution in [2.24, 2.45) is 0 Å². The van der Waals surface area contributed by atoms with E-state index in [1.54, 1.807) is 0 Å². The van der Waals surface area contributed by atoms with Crippen LogP contribution in [0.15, 0.2) is 48.6 Å². The van der Waals surface area contributed by atoms with E-state index in [1.165, 1.54) is 38.5 Å². The lowest BCUT2D eigenvalue weighted by molar-refractivity contribution is -0.870. The van der Waals surface area contributed by atoms with Gasteiger partial charge in [-0.3, -0.25) is 18.6 Å². The number of ether oxygens (including phenoxy) is 2. The first-order chi connectivity index (χ1) is 25.5. The van der Waals surface area contributed by atoms with E-state index in [0.29, 0.717) is 23.9 Å². The molecule has 0 aromatic rings. The van der Waals surface area contributed by atoms with Crippen LogP contribution in [-0.2, 0) is 32.7 Å². The number of hydrogen-bond acceptors (Lipinski definition) is 7. The number of phosphoric ester groups is 1. The van der Waals surface area contributed by atoms with Crippen LogP contribution < -0.4 is 0 Å². The van der Waals surface area contributed by atoms with E-state index in [-0.39, 0.29) is 32.0 Å². The molecule has 0 aromatic carbocycles. The molecule has 2 atom stereocenters. The average molecular weight is 769 g/mol. The first kappa shape index (κ1) is 51.0. The maximum Gasteiger partial charge on any atom is 0.472 e. The van der Waals surface area contributed by atoms with Gasteiger partial charge in [0.05, 0.1) is 27.7 Å². The van der Waals surface area contributed by atoms with Crippen molar-refractivity contribution in [2.45, 2.75) is 168 Å². The molecule has 9 nitrogen and oxygen atoms in total. The smallest absolute Gasteiger partial charge is 0.462 e. The molecule has 0 saturated heterocycles. The van der Waals surface area contributed by atoms with Gasteiger partial charge in [0.2, 0.25) is 0 Å². The number of phosphoric acid groups is 1. The normalized spacial score (nSPS) is 14.2. The minimum absolute atomic E-state index is 0.0256. The lowest BCUT2D eigenvalue weighted by Crippen LogP contribution is -2.37. The summed E-state index contributed by atoms with van der Waals surface area (Å²) in [7, 11) is 1.45. The Hall–Kier alpha value is -2.03. The van der Waals surface area contributed by atoms with Crippen molar-refractivity contribution in [3.05, 3.63) is 48.6 Å². The van der Waals surface area contributed by atoms with Crippen molar-refractivity contribution in [2.75, 3.05) is 47.5 Å². The molecule has 1 unspecified atom stereocenters. The highest BCUT2D eigenvalue weighted by Gasteiger charge is 2.27. The summed E-state index contributed by atoms with van der Waals surface area (Å²) in [6, 6.07) is 0. The molecule has 0 bridgehead atoms. The number of hydrogen-bond donors (Lipinski definition) is 1. The fourth-order valence-electron chi connectivity index (χ4n) is 5.32. The molecule has 0 amide bonds. The highest BCUT2D eigenvalue weighted by atomic mass is 31.2. The third-order valence-corrected chi connectivity index (χ3v) is 9.58. The van der Waals surface area contributed by atoms with Crippen molar-refractivity contribution in [3.8, 4) is 0 Å². The fourth-order valence-corrected chi connectivity index (χ4v) is 6.06. The second-order valence-electron chi connectivity index (χ2n) is 15.0. The van der Waals surface area contributed by atoms with Crippen molar-refractivity contribution < 1.29 is 42.1 Å². The molecule has 0 spiro atoms. The highest BCUT2D eigenvalue weighted by Crippen LogP contribution is 2.43. The number of unbranched alkanes of at least 4 members (excludes halogenated alkanes) is 15. The Labute approximate surface area is 324 Å². The summed E-state index contributed by atoms with van der Waals surface area (Å²) in [5, 5.41) is 0. The van der Waals surface area contributed by atoms with Crippen LogP contribution in [0.2, 0.25) is 0 Å². The van der Waals surface area contributed by atoms with E-state index < -0.39 is 26.5 Å². The Kier molecular flexibility index (Phi) is 34.3. The van der Waals surface area contributed by atoms with Crippen LogP contribution in [0.1, 0.15) is 162 Å². The fraction of sp³-hybridized carbons (Fsp3) is 0.767. The van der Waals surface area contributed by atoms with Gasteiger partial charge in [0.15, 0.2) is 6.10 Å². The number of likely N-dealkylation sites (N-methyl/N-ethyl adjacent to an activating group) is 1. The van der Waals surface area contributed by atoms with E-state index >= 15 is 0 Å². The topological polar surface area (TPSA) is 108 Å². The van der Waals surface area contributed by atoms with Gasteiger partial charge >= 0.3 is 19.8 Å². The minimum Gasteiger partial charge on any atom is -0.462 e. The number of carbonyl (C=O) groups is 2. The quantitative estimate of drug-likeness (QED) is 0.0219. The van der Waals surface area contributed by atoms with Crippen LogP contribution in [-0.4, -0.2) is 74.9 Å². The molecule has 10 heteroatoms. The molecule has 308 valence electrons. The van der Waals surface area contributed by atoms with Crippen LogP contribution in [0, 0.1) is 0 Å². The average Bonchev–Trinajstić information content (AvgIpc) is 3.10. The largest absolute Gasteiger partial charge is 0.472 e. The summed E-state index contributed by atoms with van der Waals surface area (Å²) in [5.41, 5.74) is 0. The van der Waals surface area contributed by atoms with Crippen LogP contribution in [0.5, 0.6) is 0 Å². The Balaban J connectivity index is 4.44. The van der Waals surface area contributed by atoms with Gasteiger partial charge in [-0.1, -0.05) is 127 Å². The molecule has 0 aliphatic carbocycles. The summed E-state index contributed by atoms with van der Waals surface area (Å²) >= 11 is 0. The summed E-state index contributed by atoms with van der Waals surface area (Å²) in [6.07, 6.45) is 40.1. The van der Waals surface area contributed by atoms with Crippen LogP contribution in [0.25, 0.3) is 0 Å². The van der Waals surface area contributed by atoms with Crippen molar-refractivity contribution in [1.29, 1.82) is 0 Å². The molecule has 0 aliphatic heterocycles. The van der Waals surface area contributed by atoms with E-state index in [2.05, 4.69) is 62.5 Å². The number of quaternary nitrogens is 1. The third-order valence-electron chi connectivity index (χ3n) is 8.59.